The summed E-state index contributed by atoms with van der Waals surface area (Å²) in [6, 6.07) is 36.6. The van der Waals surface area contributed by atoms with E-state index in [1.807, 2.05) is 60.7 Å². The number of fused-ring (bicyclic) bond motifs is 1. The summed E-state index contributed by atoms with van der Waals surface area (Å²) in [7, 11) is 0. The standard InChI is InChI=1S/C48H61N7.O2S/c1-4-7-10-12-14-18-37-55(38-19-15-13-11-8-5-2)44-33-31-43(32-34-44)52-54-48-36-35-47(45-21-16-17-22-46(45)48)53-51-42-29-27-41(28-30-42)50-49-40-25-23-39(24-26-40)20-9-6-3;1-3-2/h16-17,21-36H,4-15,18-20,37-38H2,1-3H3;. The number of azo groups is 3. The Hall–Kier alpha value is -5.22. The number of nitrogens with zero attached hydrogens (tertiary/aromatic N) is 7. The van der Waals surface area contributed by atoms with Crippen molar-refractivity contribution in [2.45, 2.75) is 117 Å². The van der Waals surface area contributed by atoms with E-state index in [4.69, 9.17) is 13.5 Å². The van der Waals surface area contributed by atoms with E-state index < -0.39 is 11.6 Å². The smallest absolute Gasteiger partial charge is 0.335 e. The fourth-order valence-corrected chi connectivity index (χ4v) is 6.74. The summed E-state index contributed by atoms with van der Waals surface area (Å²) >= 11 is -0.750. The molecule has 0 fully saturated rings. The van der Waals surface area contributed by atoms with Crippen LogP contribution in [0.15, 0.2) is 140 Å². The average molecular weight is 800 g/mol. The Balaban J connectivity index is 0.00000240. The molecule has 9 nitrogen and oxygen atoms in total. The lowest BCUT2D eigenvalue weighted by Gasteiger charge is -2.25. The van der Waals surface area contributed by atoms with Gasteiger partial charge in [0.05, 0.1) is 34.1 Å². The third-order valence-electron chi connectivity index (χ3n) is 10.1. The minimum Gasteiger partial charge on any atom is -0.372 e. The van der Waals surface area contributed by atoms with Crippen LogP contribution in [-0.2, 0) is 18.0 Å². The minimum atomic E-state index is -0.750. The molecule has 0 aromatic heterocycles. The second kappa shape index (κ2) is 27.4. The van der Waals surface area contributed by atoms with E-state index >= 15 is 0 Å². The van der Waals surface area contributed by atoms with Gasteiger partial charge in [-0.25, -0.2) is 0 Å². The zero-order chi connectivity index (χ0) is 41.0. The Morgan fingerprint density at radius 3 is 1.21 bits per heavy atom. The number of rotatable bonds is 24. The van der Waals surface area contributed by atoms with Gasteiger partial charge in [-0.3, -0.25) is 0 Å². The molecule has 5 aromatic rings. The summed E-state index contributed by atoms with van der Waals surface area (Å²) in [5.41, 5.74) is 7.40. The van der Waals surface area contributed by atoms with Crippen molar-refractivity contribution in [2.75, 3.05) is 18.0 Å². The number of benzene rings is 5. The lowest BCUT2D eigenvalue weighted by Crippen LogP contribution is -2.25. The Labute approximate surface area is 349 Å². The van der Waals surface area contributed by atoms with Crippen molar-refractivity contribution in [2.24, 2.45) is 30.7 Å². The largest absolute Gasteiger partial charge is 0.372 e. The van der Waals surface area contributed by atoms with Crippen LogP contribution in [0.2, 0.25) is 0 Å². The van der Waals surface area contributed by atoms with Crippen molar-refractivity contribution in [3.05, 3.63) is 115 Å². The zero-order valence-electron chi connectivity index (χ0n) is 34.8. The fourth-order valence-electron chi connectivity index (χ4n) is 6.74. The normalized spacial score (nSPS) is 11.4. The van der Waals surface area contributed by atoms with Gasteiger partial charge in [-0.1, -0.05) is 128 Å². The van der Waals surface area contributed by atoms with Crippen molar-refractivity contribution >= 4 is 62.2 Å². The van der Waals surface area contributed by atoms with Crippen molar-refractivity contribution in [3.8, 4) is 0 Å². The first-order valence-electron chi connectivity index (χ1n) is 21.3. The van der Waals surface area contributed by atoms with E-state index in [1.54, 1.807) is 0 Å². The molecule has 0 aliphatic heterocycles. The molecule has 0 amide bonds. The van der Waals surface area contributed by atoms with Gasteiger partial charge in [0.25, 0.3) is 0 Å². The van der Waals surface area contributed by atoms with E-state index in [1.165, 1.54) is 101 Å². The van der Waals surface area contributed by atoms with E-state index in [2.05, 4.69) is 99.8 Å². The predicted octanol–water partition coefficient (Wildman–Crippen LogP) is 16.3. The van der Waals surface area contributed by atoms with Crippen LogP contribution in [0.25, 0.3) is 10.8 Å². The lowest BCUT2D eigenvalue weighted by molar-refractivity contribution is 0.575. The summed E-state index contributed by atoms with van der Waals surface area (Å²) in [5, 5.41) is 29.3. The Morgan fingerprint density at radius 1 is 0.414 bits per heavy atom. The van der Waals surface area contributed by atoms with Gasteiger partial charge >= 0.3 is 11.6 Å². The summed E-state index contributed by atoms with van der Waals surface area (Å²) in [5.74, 6) is 0. The maximum Gasteiger partial charge on any atom is 0.335 e. The lowest BCUT2D eigenvalue weighted by atomic mass is 10.1. The summed E-state index contributed by atoms with van der Waals surface area (Å²) in [6.07, 6.45) is 19.3. The molecule has 58 heavy (non-hydrogen) atoms. The second-order valence-electron chi connectivity index (χ2n) is 14.6. The number of hydrogen-bond acceptors (Lipinski definition) is 9. The molecule has 0 saturated carbocycles. The highest BCUT2D eigenvalue weighted by Gasteiger charge is 2.09. The molecule has 5 rings (SSSR count). The first-order chi connectivity index (χ1) is 28.6. The number of unbranched alkanes of at least 4 members (excludes halogenated alkanes) is 11. The molecule has 5 aromatic carbocycles. The first-order valence-corrected chi connectivity index (χ1v) is 22.0. The molecule has 0 bridgehead atoms. The molecule has 0 N–H and O–H groups in total. The molecule has 0 heterocycles. The van der Waals surface area contributed by atoms with Gasteiger partial charge in [-0.2, -0.15) is 28.9 Å². The van der Waals surface area contributed by atoms with Crippen LogP contribution >= 0.6 is 0 Å². The Kier molecular flexibility index (Phi) is 21.5. The second-order valence-corrected chi connectivity index (χ2v) is 14.8. The molecule has 10 heteroatoms. The van der Waals surface area contributed by atoms with Gasteiger partial charge < -0.3 is 4.90 Å². The highest BCUT2D eigenvalue weighted by atomic mass is 32.1. The molecular weight excluding hydrogens is 739 g/mol. The van der Waals surface area contributed by atoms with Gasteiger partial charge in [0.1, 0.15) is 0 Å². The quantitative estimate of drug-likeness (QED) is 0.0457. The van der Waals surface area contributed by atoms with Crippen LogP contribution in [-0.4, -0.2) is 21.5 Å². The van der Waals surface area contributed by atoms with E-state index in [0.29, 0.717) is 0 Å². The minimum absolute atomic E-state index is 0.744. The third kappa shape index (κ3) is 16.3. The van der Waals surface area contributed by atoms with Gasteiger partial charge in [-0.05, 0) is 104 Å². The summed E-state index contributed by atoms with van der Waals surface area (Å²) in [6.45, 7) is 9.01. The van der Waals surface area contributed by atoms with E-state index in [-0.39, 0.29) is 0 Å². The predicted molar refractivity (Wildman–Crippen MR) is 242 cm³/mol. The number of anilines is 1. The topological polar surface area (TPSA) is 112 Å². The zero-order valence-corrected chi connectivity index (χ0v) is 35.6. The van der Waals surface area contributed by atoms with Crippen LogP contribution in [0.4, 0.5) is 39.8 Å². The maximum atomic E-state index is 8.29. The van der Waals surface area contributed by atoms with E-state index in [9.17, 15) is 0 Å². The molecule has 0 unspecified atom stereocenters. The van der Waals surface area contributed by atoms with Crippen molar-refractivity contribution in [1.82, 2.24) is 0 Å². The molecule has 0 spiro atoms. The molecule has 0 radical (unpaired) electrons. The molecule has 0 aliphatic carbocycles. The van der Waals surface area contributed by atoms with Crippen LogP contribution in [0.3, 0.4) is 0 Å². The third-order valence-corrected chi connectivity index (χ3v) is 10.1. The SMILES string of the molecule is CCCCCCCCN(CCCCCCCC)c1ccc(N=Nc2ccc(N=Nc3ccc(N=Nc4ccc(CCCC)cc4)cc3)c3ccccc23)cc1.O=S=O. The number of hydrogen-bond donors (Lipinski definition) is 0. The Bertz CT molecular complexity index is 2010. The summed E-state index contributed by atoms with van der Waals surface area (Å²) < 4.78 is 16.6. The van der Waals surface area contributed by atoms with Crippen molar-refractivity contribution in [1.29, 1.82) is 0 Å². The van der Waals surface area contributed by atoms with Crippen molar-refractivity contribution in [3.63, 3.8) is 0 Å². The van der Waals surface area contributed by atoms with Gasteiger partial charge in [0.15, 0.2) is 0 Å². The average Bonchev–Trinajstić information content (AvgIpc) is 3.26. The van der Waals surface area contributed by atoms with Crippen LogP contribution in [0.1, 0.15) is 116 Å². The van der Waals surface area contributed by atoms with Crippen LogP contribution < -0.4 is 4.90 Å². The highest BCUT2D eigenvalue weighted by molar-refractivity contribution is 7.51. The van der Waals surface area contributed by atoms with Gasteiger partial charge in [0.2, 0.25) is 0 Å². The molecule has 0 aliphatic rings. The highest BCUT2D eigenvalue weighted by Crippen LogP contribution is 2.35. The van der Waals surface area contributed by atoms with Crippen molar-refractivity contribution < 1.29 is 8.42 Å². The summed E-state index contributed by atoms with van der Waals surface area (Å²) in [4.78, 5) is 2.58. The molecule has 306 valence electrons. The van der Waals surface area contributed by atoms with Crippen LogP contribution in [0.5, 0.6) is 0 Å². The molecule has 0 saturated heterocycles. The van der Waals surface area contributed by atoms with Gasteiger partial charge in [-0.15, -0.1) is 10.2 Å². The molecular formula is C48H61N7O2S. The molecule has 0 atom stereocenters. The Morgan fingerprint density at radius 2 is 0.776 bits per heavy atom. The van der Waals surface area contributed by atoms with E-state index in [0.717, 1.165) is 64.4 Å². The monoisotopic (exact) mass is 799 g/mol. The maximum absolute atomic E-state index is 8.29. The van der Waals surface area contributed by atoms with Gasteiger partial charge in [0, 0.05) is 29.5 Å². The fraction of sp³-hybridized carbons (Fsp3) is 0.417. The number of aryl methyl sites for hydroxylation is 1. The first kappa shape index (κ1) is 45.5. The van der Waals surface area contributed by atoms with Crippen LogP contribution in [0, 0.1) is 0 Å².